The van der Waals surface area contributed by atoms with Gasteiger partial charge in [-0.05, 0) is 55.0 Å². The van der Waals surface area contributed by atoms with E-state index in [-0.39, 0.29) is 21.7 Å². The highest BCUT2D eigenvalue weighted by atomic mass is 32.2. The van der Waals surface area contributed by atoms with Crippen molar-refractivity contribution in [3.05, 3.63) is 89.3 Å². The zero-order chi connectivity index (χ0) is 24.6. The van der Waals surface area contributed by atoms with Crippen LogP contribution in [0.15, 0.2) is 77.5 Å². The summed E-state index contributed by atoms with van der Waals surface area (Å²) in [6, 6.07) is 12.7. The molecule has 1 unspecified atom stereocenters. The Kier molecular flexibility index (Phi) is 5.94. The molecule has 3 aromatic rings. The van der Waals surface area contributed by atoms with E-state index < -0.39 is 33.5 Å². The lowest BCUT2D eigenvalue weighted by molar-refractivity contribution is -0.132. The van der Waals surface area contributed by atoms with Crippen LogP contribution in [0.5, 0.6) is 5.75 Å². The molecule has 1 aromatic heterocycles. The molecule has 174 valence electrons. The molecule has 0 spiro atoms. The number of carbonyl (C=O) groups excluding carboxylic acids is 2. The lowest BCUT2D eigenvalue weighted by Gasteiger charge is -2.25. The zero-order valence-corrected chi connectivity index (χ0v) is 19.1. The van der Waals surface area contributed by atoms with E-state index in [1.54, 1.807) is 36.5 Å². The van der Waals surface area contributed by atoms with Crippen LogP contribution < -0.4 is 14.8 Å². The molecule has 1 atom stereocenters. The molecule has 34 heavy (non-hydrogen) atoms. The van der Waals surface area contributed by atoms with Gasteiger partial charge in [-0.1, -0.05) is 17.7 Å². The Hall–Kier alpha value is -4.02. The predicted molar refractivity (Wildman–Crippen MR) is 125 cm³/mol. The number of amides is 1. The van der Waals surface area contributed by atoms with Crippen LogP contribution in [0.3, 0.4) is 0 Å². The Morgan fingerprint density at radius 3 is 2.41 bits per heavy atom. The number of benzene rings is 2. The molecule has 1 aliphatic heterocycles. The minimum atomic E-state index is -3.95. The maximum Gasteiger partial charge on any atom is 0.300 e. The van der Waals surface area contributed by atoms with E-state index in [1.807, 2.05) is 6.92 Å². The van der Waals surface area contributed by atoms with Crippen molar-refractivity contribution < 1.29 is 27.9 Å². The minimum absolute atomic E-state index is 0.141. The molecule has 2 heterocycles. The number of anilines is 1. The zero-order valence-electron chi connectivity index (χ0n) is 18.3. The Balaban J connectivity index is 1.95. The predicted octanol–water partition coefficient (Wildman–Crippen LogP) is 2.67. The number of aliphatic hydroxyl groups is 1. The van der Waals surface area contributed by atoms with Crippen molar-refractivity contribution >= 4 is 33.2 Å². The highest BCUT2D eigenvalue weighted by Gasteiger charge is 2.47. The summed E-state index contributed by atoms with van der Waals surface area (Å²) in [5, 5.41) is 16.4. The van der Waals surface area contributed by atoms with Gasteiger partial charge in [-0.25, -0.2) is 13.6 Å². The number of ketones is 1. The number of hydrogen-bond donors (Lipinski definition) is 2. The smallest absolute Gasteiger partial charge is 0.300 e. The van der Waals surface area contributed by atoms with Crippen molar-refractivity contribution in [3.8, 4) is 5.75 Å². The van der Waals surface area contributed by atoms with Crippen LogP contribution in [-0.2, 0) is 19.6 Å². The molecule has 1 saturated heterocycles. The molecule has 10 heteroatoms. The van der Waals surface area contributed by atoms with Gasteiger partial charge in [-0.2, -0.15) is 0 Å². The fraction of sp³-hybridized carbons (Fsp3) is 0.125. The number of carbonyl (C=O) groups is 2. The molecule has 1 fully saturated rings. The second-order valence-corrected chi connectivity index (χ2v) is 9.26. The Bertz CT molecular complexity index is 1420. The molecule has 0 bridgehead atoms. The van der Waals surface area contributed by atoms with Gasteiger partial charge in [0, 0.05) is 18.1 Å². The SMILES string of the molecule is COc1ccc(C)cc1/C(O)=C1\C(=O)C(=O)N(c2ccc(S(N)(=O)=O)cc2)C1c1cccnc1. The maximum atomic E-state index is 13.2. The molecule has 2 aromatic carbocycles. The third kappa shape index (κ3) is 4.04. The average molecular weight is 480 g/mol. The second kappa shape index (κ2) is 8.73. The van der Waals surface area contributed by atoms with Gasteiger partial charge in [0.05, 0.1) is 29.2 Å². The number of hydrogen-bond acceptors (Lipinski definition) is 7. The molecule has 0 saturated carbocycles. The van der Waals surface area contributed by atoms with Crippen molar-refractivity contribution in [2.45, 2.75) is 17.9 Å². The van der Waals surface area contributed by atoms with Crippen molar-refractivity contribution in [1.29, 1.82) is 0 Å². The van der Waals surface area contributed by atoms with Crippen molar-refractivity contribution in [2.24, 2.45) is 5.14 Å². The van der Waals surface area contributed by atoms with E-state index in [1.165, 1.54) is 42.5 Å². The lowest BCUT2D eigenvalue weighted by Crippen LogP contribution is -2.29. The molecular formula is C24H21N3O6S. The molecule has 1 aliphatic rings. The van der Waals surface area contributed by atoms with Crippen LogP contribution in [0.1, 0.15) is 22.7 Å². The van der Waals surface area contributed by atoms with Crippen LogP contribution >= 0.6 is 0 Å². The summed E-state index contributed by atoms with van der Waals surface area (Å²) in [6.07, 6.45) is 3.03. The fourth-order valence-electron chi connectivity index (χ4n) is 3.90. The van der Waals surface area contributed by atoms with Gasteiger partial charge in [-0.3, -0.25) is 19.5 Å². The van der Waals surface area contributed by atoms with E-state index in [4.69, 9.17) is 9.88 Å². The Labute approximate surface area is 196 Å². The summed E-state index contributed by atoms with van der Waals surface area (Å²) in [6.45, 7) is 1.82. The fourth-order valence-corrected chi connectivity index (χ4v) is 4.42. The summed E-state index contributed by atoms with van der Waals surface area (Å²) in [5.41, 5.74) is 1.66. The number of aryl methyl sites for hydroxylation is 1. The normalized spacial score (nSPS) is 17.7. The number of nitrogens with zero attached hydrogens (tertiary/aromatic N) is 2. The largest absolute Gasteiger partial charge is 0.507 e. The number of aliphatic hydroxyl groups excluding tert-OH is 1. The molecular weight excluding hydrogens is 458 g/mol. The number of rotatable bonds is 5. The first-order chi connectivity index (χ1) is 16.1. The molecule has 9 nitrogen and oxygen atoms in total. The number of Topliss-reactive ketones (excluding diaryl/α,β-unsaturated/α-hetero) is 1. The monoisotopic (exact) mass is 479 g/mol. The topological polar surface area (TPSA) is 140 Å². The highest BCUT2D eigenvalue weighted by molar-refractivity contribution is 7.89. The van der Waals surface area contributed by atoms with Gasteiger partial charge < -0.3 is 9.84 Å². The number of nitrogens with two attached hydrogens (primary N) is 1. The van der Waals surface area contributed by atoms with Crippen LogP contribution in [0.2, 0.25) is 0 Å². The van der Waals surface area contributed by atoms with Crippen molar-refractivity contribution in [1.82, 2.24) is 4.98 Å². The van der Waals surface area contributed by atoms with Gasteiger partial charge in [0.2, 0.25) is 10.0 Å². The summed E-state index contributed by atoms with van der Waals surface area (Å²) in [5.74, 6) is -1.84. The minimum Gasteiger partial charge on any atom is -0.507 e. The Morgan fingerprint density at radius 2 is 1.82 bits per heavy atom. The van der Waals surface area contributed by atoms with Crippen LogP contribution in [0, 0.1) is 6.92 Å². The first-order valence-electron chi connectivity index (χ1n) is 10.1. The summed E-state index contributed by atoms with van der Waals surface area (Å²) < 4.78 is 28.6. The maximum absolute atomic E-state index is 13.2. The van der Waals surface area contributed by atoms with E-state index >= 15 is 0 Å². The van der Waals surface area contributed by atoms with Crippen LogP contribution in [-0.4, -0.2) is 37.3 Å². The van der Waals surface area contributed by atoms with Gasteiger partial charge in [0.15, 0.2) is 0 Å². The van der Waals surface area contributed by atoms with E-state index in [0.29, 0.717) is 11.3 Å². The molecule has 3 N–H and O–H groups in total. The summed E-state index contributed by atoms with van der Waals surface area (Å²) in [4.78, 5) is 31.5. The molecule has 0 radical (unpaired) electrons. The first kappa shape index (κ1) is 23.1. The lowest BCUT2D eigenvalue weighted by atomic mass is 9.95. The van der Waals surface area contributed by atoms with Gasteiger partial charge in [-0.15, -0.1) is 0 Å². The highest BCUT2D eigenvalue weighted by Crippen LogP contribution is 2.43. The summed E-state index contributed by atoms with van der Waals surface area (Å²) >= 11 is 0. The third-order valence-corrected chi connectivity index (χ3v) is 6.43. The van der Waals surface area contributed by atoms with Crippen molar-refractivity contribution in [3.63, 3.8) is 0 Å². The average Bonchev–Trinajstić information content (AvgIpc) is 3.09. The van der Waals surface area contributed by atoms with Crippen LogP contribution in [0.25, 0.3) is 5.76 Å². The number of aromatic nitrogens is 1. The second-order valence-electron chi connectivity index (χ2n) is 7.70. The standard InChI is InChI=1S/C24H21N3O6S/c1-14-5-10-19(33-2)18(12-14)22(28)20-21(15-4-3-11-26-13-15)27(24(30)23(20)29)16-6-8-17(9-7-16)34(25,31)32/h3-13,21,28H,1-2H3,(H2,25,31,32)/b22-20+. The quantitative estimate of drug-likeness (QED) is 0.326. The number of methoxy groups -OCH3 is 1. The molecule has 4 rings (SSSR count). The van der Waals surface area contributed by atoms with E-state index in [2.05, 4.69) is 4.98 Å². The van der Waals surface area contributed by atoms with Crippen LogP contribution in [0.4, 0.5) is 5.69 Å². The molecule has 1 amide bonds. The van der Waals surface area contributed by atoms with E-state index in [9.17, 15) is 23.1 Å². The third-order valence-electron chi connectivity index (χ3n) is 5.50. The van der Waals surface area contributed by atoms with Gasteiger partial charge >= 0.3 is 0 Å². The number of primary sulfonamides is 1. The van der Waals surface area contributed by atoms with Gasteiger partial charge in [0.1, 0.15) is 11.5 Å². The van der Waals surface area contributed by atoms with Gasteiger partial charge in [0.25, 0.3) is 11.7 Å². The molecule has 0 aliphatic carbocycles. The summed E-state index contributed by atoms with van der Waals surface area (Å²) in [7, 11) is -2.51. The Morgan fingerprint density at radius 1 is 1.12 bits per heavy atom. The number of sulfonamides is 1. The number of pyridine rings is 1. The first-order valence-corrected chi connectivity index (χ1v) is 11.7. The number of ether oxygens (including phenoxy) is 1. The van der Waals surface area contributed by atoms with Crippen molar-refractivity contribution in [2.75, 3.05) is 12.0 Å². The van der Waals surface area contributed by atoms with E-state index in [0.717, 1.165) is 5.56 Å².